The fourth-order valence-corrected chi connectivity index (χ4v) is 1.86. The summed E-state index contributed by atoms with van der Waals surface area (Å²) in [5.74, 6) is -1.50. The molecule has 17 heavy (non-hydrogen) atoms. The first-order valence-electron chi connectivity index (χ1n) is 5.37. The number of anilines is 1. The number of carbonyl (C=O) groups is 2. The van der Waals surface area contributed by atoms with E-state index in [2.05, 4.69) is 0 Å². The van der Waals surface area contributed by atoms with E-state index in [1.165, 1.54) is 24.0 Å². The standard InChI is InChI=1S/C12H12FNO3/c1-8(15)17-12-9(13)4-2-5-10(12)14-7-3-6-11(14)16/h2,4-5H,3,6-7H2,1H3. The summed E-state index contributed by atoms with van der Waals surface area (Å²) < 4.78 is 18.4. The lowest BCUT2D eigenvalue weighted by atomic mass is 10.2. The topological polar surface area (TPSA) is 46.6 Å². The fraction of sp³-hybridized carbons (Fsp3) is 0.333. The molecule has 0 aliphatic carbocycles. The zero-order valence-electron chi connectivity index (χ0n) is 9.40. The van der Waals surface area contributed by atoms with Crippen LogP contribution in [0.2, 0.25) is 0 Å². The van der Waals surface area contributed by atoms with E-state index < -0.39 is 11.8 Å². The molecule has 90 valence electrons. The van der Waals surface area contributed by atoms with E-state index in [0.29, 0.717) is 18.7 Å². The molecule has 1 aliphatic rings. The van der Waals surface area contributed by atoms with E-state index in [1.54, 1.807) is 6.07 Å². The number of esters is 1. The molecule has 1 aromatic rings. The predicted molar refractivity (Wildman–Crippen MR) is 59.3 cm³/mol. The summed E-state index contributed by atoms with van der Waals surface area (Å²) in [6.45, 7) is 1.72. The van der Waals surface area contributed by atoms with Gasteiger partial charge in [-0.05, 0) is 18.6 Å². The highest BCUT2D eigenvalue weighted by Gasteiger charge is 2.26. The third-order valence-electron chi connectivity index (χ3n) is 2.56. The van der Waals surface area contributed by atoms with Gasteiger partial charge in [0, 0.05) is 19.9 Å². The second kappa shape index (κ2) is 4.53. The summed E-state index contributed by atoms with van der Waals surface area (Å²) in [5.41, 5.74) is 0.322. The molecule has 1 aromatic carbocycles. The molecule has 1 saturated heterocycles. The summed E-state index contributed by atoms with van der Waals surface area (Å²) in [6.07, 6.45) is 1.17. The summed E-state index contributed by atoms with van der Waals surface area (Å²) >= 11 is 0. The van der Waals surface area contributed by atoms with Gasteiger partial charge in [0.05, 0.1) is 5.69 Å². The molecule has 5 heteroatoms. The largest absolute Gasteiger partial charge is 0.421 e. The Labute approximate surface area is 98.0 Å². The molecule has 2 rings (SSSR count). The van der Waals surface area contributed by atoms with Crippen molar-refractivity contribution >= 4 is 17.6 Å². The molecule has 4 nitrogen and oxygen atoms in total. The lowest BCUT2D eigenvalue weighted by Gasteiger charge is -2.19. The Morgan fingerprint density at radius 1 is 1.47 bits per heavy atom. The Morgan fingerprint density at radius 3 is 2.82 bits per heavy atom. The summed E-state index contributed by atoms with van der Waals surface area (Å²) in [6, 6.07) is 4.26. The van der Waals surface area contributed by atoms with Crippen LogP contribution in [-0.2, 0) is 9.59 Å². The van der Waals surface area contributed by atoms with Gasteiger partial charge in [-0.2, -0.15) is 0 Å². The molecule has 1 fully saturated rings. The molecule has 1 aliphatic heterocycles. The second-order valence-electron chi connectivity index (χ2n) is 3.83. The average Bonchev–Trinajstić information content (AvgIpc) is 2.67. The number of ether oxygens (including phenoxy) is 1. The van der Waals surface area contributed by atoms with Crippen LogP contribution in [0.4, 0.5) is 10.1 Å². The fourth-order valence-electron chi connectivity index (χ4n) is 1.86. The van der Waals surface area contributed by atoms with Crippen molar-refractivity contribution in [2.45, 2.75) is 19.8 Å². The highest BCUT2D eigenvalue weighted by molar-refractivity contribution is 5.97. The molecule has 0 saturated carbocycles. The maximum Gasteiger partial charge on any atom is 0.308 e. The van der Waals surface area contributed by atoms with E-state index in [-0.39, 0.29) is 11.7 Å². The molecule has 1 amide bonds. The molecule has 0 spiro atoms. The van der Waals surface area contributed by atoms with Crippen LogP contribution < -0.4 is 9.64 Å². The minimum atomic E-state index is -0.641. The van der Waals surface area contributed by atoms with E-state index in [9.17, 15) is 14.0 Å². The van der Waals surface area contributed by atoms with Crippen LogP contribution in [0.25, 0.3) is 0 Å². The number of rotatable bonds is 2. The number of amides is 1. The van der Waals surface area contributed by atoms with E-state index in [1.807, 2.05) is 0 Å². The number of hydrogen-bond acceptors (Lipinski definition) is 3. The van der Waals surface area contributed by atoms with Crippen LogP contribution in [0.15, 0.2) is 18.2 Å². The van der Waals surface area contributed by atoms with Crippen LogP contribution in [0, 0.1) is 5.82 Å². The van der Waals surface area contributed by atoms with Crippen LogP contribution in [0.1, 0.15) is 19.8 Å². The molecule has 0 unspecified atom stereocenters. The van der Waals surface area contributed by atoms with Gasteiger partial charge in [0.25, 0.3) is 0 Å². The van der Waals surface area contributed by atoms with Crippen LogP contribution in [0.5, 0.6) is 5.75 Å². The van der Waals surface area contributed by atoms with Crippen molar-refractivity contribution in [1.82, 2.24) is 0 Å². The average molecular weight is 237 g/mol. The Hall–Kier alpha value is -1.91. The minimum Gasteiger partial charge on any atom is -0.421 e. The van der Waals surface area contributed by atoms with Crippen molar-refractivity contribution in [2.24, 2.45) is 0 Å². The van der Waals surface area contributed by atoms with Gasteiger partial charge >= 0.3 is 5.97 Å². The first-order valence-corrected chi connectivity index (χ1v) is 5.37. The monoisotopic (exact) mass is 237 g/mol. The third-order valence-corrected chi connectivity index (χ3v) is 2.56. The molecule has 0 bridgehead atoms. The second-order valence-corrected chi connectivity index (χ2v) is 3.83. The van der Waals surface area contributed by atoms with E-state index in [0.717, 1.165) is 6.42 Å². The Bertz CT molecular complexity index is 473. The molecule has 0 N–H and O–H groups in total. The van der Waals surface area contributed by atoms with Crippen molar-refractivity contribution in [3.63, 3.8) is 0 Å². The Morgan fingerprint density at radius 2 is 2.24 bits per heavy atom. The van der Waals surface area contributed by atoms with Crippen molar-refractivity contribution < 1.29 is 18.7 Å². The molecule has 0 aromatic heterocycles. The number of halogens is 1. The SMILES string of the molecule is CC(=O)Oc1c(F)cccc1N1CCCC1=O. The Kier molecular flexibility index (Phi) is 3.08. The third kappa shape index (κ3) is 2.27. The van der Waals surface area contributed by atoms with Crippen LogP contribution >= 0.6 is 0 Å². The zero-order chi connectivity index (χ0) is 12.4. The van der Waals surface area contributed by atoms with Crippen molar-refractivity contribution in [1.29, 1.82) is 0 Å². The number of para-hydroxylation sites is 1. The first-order chi connectivity index (χ1) is 8.09. The van der Waals surface area contributed by atoms with Crippen LogP contribution in [0.3, 0.4) is 0 Å². The quantitative estimate of drug-likeness (QED) is 0.582. The maximum atomic E-state index is 13.6. The molecule has 1 heterocycles. The number of nitrogens with zero attached hydrogens (tertiary/aromatic N) is 1. The van der Waals surface area contributed by atoms with E-state index in [4.69, 9.17) is 4.74 Å². The summed E-state index contributed by atoms with van der Waals surface area (Å²) in [5, 5.41) is 0. The van der Waals surface area contributed by atoms with Gasteiger partial charge in [-0.25, -0.2) is 4.39 Å². The van der Waals surface area contributed by atoms with Crippen LogP contribution in [-0.4, -0.2) is 18.4 Å². The number of carbonyl (C=O) groups excluding carboxylic acids is 2. The number of benzene rings is 1. The number of hydrogen-bond donors (Lipinski definition) is 0. The first kappa shape index (κ1) is 11.6. The highest BCUT2D eigenvalue weighted by atomic mass is 19.1. The van der Waals surface area contributed by atoms with Crippen molar-refractivity contribution in [3.05, 3.63) is 24.0 Å². The van der Waals surface area contributed by atoms with Gasteiger partial charge in [0.15, 0.2) is 11.6 Å². The van der Waals surface area contributed by atoms with Gasteiger partial charge in [0.2, 0.25) is 5.91 Å². The smallest absolute Gasteiger partial charge is 0.308 e. The predicted octanol–water partition coefficient (Wildman–Crippen LogP) is 1.88. The summed E-state index contributed by atoms with van der Waals surface area (Å²) in [7, 11) is 0. The molecular weight excluding hydrogens is 225 g/mol. The van der Waals surface area contributed by atoms with Gasteiger partial charge in [-0.1, -0.05) is 6.07 Å². The molecular formula is C12H12FNO3. The lowest BCUT2D eigenvalue weighted by Crippen LogP contribution is -2.25. The molecule has 0 atom stereocenters. The Balaban J connectivity index is 2.41. The maximum absolute atomic E-state index is 13.6. The normalized spacial score (nSPS) is 15.2. The molecule has 0 radical (unpaired) electrons. The van der Waals surface area contributed by atoms with Gasteiger partial charge < -0.3 is 9.64 Å². The minimum absolute atomic E-state index is 0.0796. The van der Waals surface area contributed by atoms with Crippen molar-refractivity contribution in [2.75, 3.05) is 11.4 Å². The van der Waals surface area contributed by atoms with Gasteiger partial charge in [-0.3, -0.25) is 9.59 Å². The lowest BCUT2D eigenvalue weighted by molar-refractivity contribution is -0.132. The van der Waals surface area contributed by atoms with E-state index >= 15 is 0 Å². The zero-order valence-corrected chi connectivity index (χ0v) is 9.40. The van der Waals surface area contributed by atoms with Gasteiger partial charge in [-0.15, -0.1) is 0 Å². The van der Waals surface area contributed by atoms with Crippen molar-refractivity contribution in [3.8, 4) is 5.75 Å². The highest BCUT2D eigenvalue weighted by Crippen LogP contribution is 2.33. The summed E-state index contributed by atoms with van der Waals surface area (Å²) in [4.78, 5) is 24.0. The van der Waals surface area contributed by atoms with Gasteiger partial charge in [0.1, 0.15) is 0 Å².